The Morgan fingerprint density at radius 3 is 2.63 bits per heavy atom. The number of benzene rings is 1. The van der Waals surface area contributed by atoms with Crippen LogP contribution in [0.3, 0.4) is 0 Å². The number of hydrogen-bond donors (Lipinski definition) is 0. The lowest BCUT2D eigenvalue weighted by molar-refractivity contribution is -0.0511. The molecule has 2 bridgehead atoms. The van der Waals surface area contributed by atoms with Gasteiger partial charge >= 0.3 is 0 Å². The maximum atomic E-state index is 13.1. The van der Waals surface area contributed by atoms with Crippen LogP contribution in [-0.4, -0.2) is 53.5 Å². The third-order valence-electron chi connectivity index (χ3n) is 7.33. The fourth-order valence-corrected chi connectivity index (χ4v) is 5.93. The summed E-state index contributed by atoms with van der Waals surface area (Å²) < 4.78 is 5.35. The van der Waals surface area contributed by atoms with E-state index in [4.69, 9.17) is 4.74 Å². The first-order valence-electron chi connectivity index (χ1n) is 11.2. The van der Waals surface area contributed by atoms with Gasteiger partial charge in [-0.2, -0.15) is 0 Å². The summed E-state index contributed by atoms with van der Waals surface area (Å²) in [7, 11) is 1.72. The molecule has 3 fully saturated rings. The van der Waals surface area contributed by atoms with Gasteiger partial charge < -0.3 is 9.64 Å². The Hall–Kier alpha value is -2.40. The number of carbonyl (C=O) groups is 1. The van der Waals surface area contributed by atoms with E-state index in [1.165, 1.54) is 31.2 Å². The molecule has 0 unspecified atom stereocenters. The zero-order valence-corrected chi connectivity index (χ0v) is 18.0. The topological polar surface area (TPSA) is 45.7 Å². The molecule has 4 atom stereocenters. The first-order chi connectivity index (χ1) is 14.6. The van der Waals surface area contributed by atoms with E-state index in [1.54, 1.807) is 13.3 Å². The van der Waals surface area contributed by atoms with Crippen LogP contribution in [0.2, 0.25) is 0 Å². The van der Waals surface area contributed by atoms with Gasteiger partial charge in [-0.15, -0.1) is 0 Å². The number of hydrogen-bond acceptors (Lipinski definition) is 4. The van der Waals surface area contributed by atoms with Crippen molar-refractivity contribution >= 4 is 5.91 Å². The molecular weight excluding hydrogens is 374 g/mol. The first kappa shape index (κ1) is 19.6. The zero-order valence-electron chi connectivity index (χ0n) is 18.0. The predicted octanol–water partition coefficient (Wildman–Crippen LogP) is 4.09. The normalized spacial score (nSPS) is 28.7. The number of carbonyl (C=O) groups excluding carboxylic acids is 1. The number of likely N-dealkylation sites (tertiary alicyclic amines) is 1. The van der Waals surface area contributed by atoms with E-state index in [9.17, 15) is 4.79 Å². The Morgan fingerprint density at radius 1 is 1.07 bits per heavy atom. The molecule has 30 heavy (non-hydrogen) atoms. The number of methoxy groups -OCH3 is 1. The molecule has 0 spiro atoms. The van der Waals surface area contributed by atoms with Crippen LogP contribution in [0.25, 0.3) is 0 Å². The number of aromatic nitrogens is 1. The molecule has 1 aromatic carbocycles. The molecular formula is C25H31N3O2. The Labute approximate surface area is 179 Å². The lowest BCUT2D eigenvalue weighted by atomic mass is 9.74. The van der Waals surface area contributed by atoms with E-state index in [2.05, 4.69) is 39.0 Å². The monoisotopic (exact) mass is 405 g/mol. The first-order valence-corrected chi connectivity index (χ1v) is 11.2. The molecule has 1 amide bonds. The third-order valence-corrected chi connectivity index (χ3v) is 7.33. The molecule has 5 heteroatoms. The van der Waals surface area contributed by atoms with Gasteiger partial charge in [-0.1, -0.05) is 12.1 Å². The summed E-state index contributed by atoms with van der Waals surface area (Å²) in [5.74, 6) is 2.19. The molecule has 0 radical (unpaired) electrons. The number of piperidine rings is 3. The standard InChI is InChI=1S/C25H31N3O2/c1-17-6-7-20(13-26-17)25(29)27-14-18-12-21(16-27)24-5-3-4-23(28(24)15-18)19-8-10-22(30-2)11-9-19/h6-11,13,18,21,23-24H,3-5,12,14-16H2,1-2H3/t18-,21+,23+,24-/m0/s1. The van der Waals surface area contributed by atoms with Gasteiger partial charge in [0.15, 0.2) is 0 Å². The van der Waals surface area contributed by atoms with E-state index in [0.717, 1.165) is 36.6 Å². The number of nitrogens with zero attached hydrogens (tertiary/aromatic N) is 3. The van der Waals surface area contributed by atoms with Crippen LogP contribution in [0, 0.1) is 18.8 Å². The third kappa shape index (κ3) is 3.60. The quantitative estimate of drug-likeness (QED) is 0.772. The molecule has 5 nitrogen and oxygen atoms in total. The summed E-state index contributed by atoms with van der Waals surface area (Å²) in [6, 6.07) is 13.5. The van der Waals surface area contributed by atoms with E-state index in [-0.39, 0.29) is 5.91 Å². The van der Waals surface area contributed by atoms with Gasteiger partial charge in [0.1, 0.15) is 5.75 Å². The van der Waals surface area contributed by atoms with Crippen LogP contribution in [0.5, 0.6) is 5.75 Å². The van der Waals surface area contributed by atoms with Crippen LogP contribution in [-0.2, 0) is 0 Å². The van der Waals surface area contributed by atoms with Crippen LogP contribution in [0.15, 0.2) is 42.6 Å². The number of aryl methyl sites for hydroxylation is 1. The van der Waals surface area contributed by atoms with Gasteiger partial charge in [-0.3, -0.25) is 14.7 Å². The number of amides is 1. The summed E-state index contributed by atoms with van der Waals surface area (Å²) in [5.41, 5.74) is 3.07. The second kappa shape index (κ2) is 8.03. The minimum Gasteiger partial charge on any atom is -0.497 e. The second-order valence-corrected chi connectivity index (χ2v) is 9.24. The van der Waals surface area contributed by atoms with Crippen molar-refractivity contribution < 1.29 is 9.53 Å². The van der Waals surface area contributed by atoms with Crippen molar-refractivity contribution in [1.82, 2.24) is 14.8 Å². The van der Waals surface area contributed by atoms with Crippen molar-refractivity contribution in [2.24, 2.45) is 11.8 Å². The highest BCUT2D eigenvalue weighted by molar-refractivity contribution is 5.94. The summed E-state index contributed by atoms with van der Waals surface area (Å²) in [4.78, 5) is 22.3. The van der Waals surface area contributed by atoms with Gasteiger partial charge in [-0.05, 0) is 74.3 Å². The molecule has 2 aromatic rings. The zero-order chi connectivity index (χ0) is 20.7. The summed E-state index contributed by atoms with van der Waals surface area (Å²) >= 11 is 0. The molecule has 3 aliphatic rings. The fraction of sp³-hybridized carbons (Fsp3) is 0.520. The van der Waals surface area contributed by atoms with E-state index < -0.39 is 0 Å². The Kier molecular flexibility index (Phi) is 5.23. The molecule has 5 rings (SSSR count). The molecule has 3 aliphatic heterocycles. The van der Waals surface area contributed by atoms with Crippen LogP contribution in [0.1, 0.15) is 53.3 Å². The van der Waals surface area contributed by atoms with Crippen molar-refractivity contribution in [1.29, 1.82) is 0 Å². The maximum absolute atomic E-state index is 13.1. The Balaban J connectivity index is 1.33. The van der Waals surface area contributed by atoms with Crippen LogP contribution >= 0.6 is 0 Å². The lowest BCUT2D eigenvalue weighted by Crippen LogP contribution is -2.60. The molecule has 4 heterocycles. The van der Waals surface area contributed by atoms with Gasteiger partial charge in [0, 0.05) is 43.6 Å². The Bertz CT molecular complexity index is 896. The molecule has 1 aromatic heterocycles. The van der Waals surface area contributed by atoms with E-state index in [0.29, 0.717) is 23.9 Å². The number of pyridine rings is 1. The van der Waals surface area contributed by atoms with Crippen molar-refractivity contribution in [3.63, 3.8) is 0 Å². The van der Waals surface area contributed by atoms with Crippen molar-refractivity contribution in [2.45, 2.75) is 44.7 Å². The summed E-state index contributed by atoms with van der Waals surface area (Å²) in [6.07, 6.45) is 6.72. The highest BCUT2D eigenvalue weighted by Gasteiger charge is 2.45. The SMILES string of the molecule is COc1ccc([C@H]2CCC[C@H]3[C@@H]4C[C@@H](CN(C(=O)c5ccc(C)nc5)C4)CN23)cc1. The molecule has 3 saturated heterocycles. The minimum atomic E-state index is 0.146. The molecule has 158 valence electrons. The predicted molar refractivity (Wildman–Crippen MR) is 117 cm³/mol. The van der Waals surface area contributed by atoms with Crippen molar-refractivity contribution in [2.75, 3.05) is 26.7 Å². The highest BCUT2D eigenvalue weighted by Crippen LogP contribution is 2.44. The van der Waals surface area contributed by atoms with E-state index >= 15 is 0 Å². The number of rotatable bonds is 3. The largest absolute Gasteiger partial charge is 0.497 e. The van der Waals surface area contributed by atoms with Crippen molar-refractivity contribution in [3.8, 4) is 5.75 Å². The molecule has 0 saturated carbocycles. The fourth-order valence-electron chi connectivity index (χ4n) is 5.93. The van der Waals surface area contributed by atoms with Gasteiger partial charge in [-0.25, -0.2) is 0 Å². The van der Waals surface area contributed by atoms with Crippen LogP contribution < -0.4 is 4.74 Å². The average Bonchev–Trinajstić information content (AvgIpc) is 2.79. The van der Waals surface area contributed by atoms with Crippen LogP contribution in [0.4, 0.5) is 0 Å². The summed E-state index contributed by atoms with van der Waals surface area (Å²) in [6.45, 7) is 4.78. The summed E-state index contributed by atoms with van der Waals surface area (Å²) in [5, 5.41) is 0. The second-order valence-electron chi connectivity index (χ2n) is 9.24. The maximum Gasteiger partial charge on any atom is 0.255 e. The lowest BCUT2D eigenvalue weighted by Gasteiger charge is -2.55. The van der Waals surface area contributed by atoms with Gasteiger partial charge in [0.05, 0.1) is 12.7 Å². The minimum absolute atomic E-state index is 0.146. The Morgan fingerprint density at radius 2 is 1.90 bits per heavy atom. The van der Waals surface area contributed by atoms with Gasteiger partial charge in [0.2, 0.25) is 0 Å². The smallest absolute Gasteiger partial charge is 0.255 e. The van der Waals surface area contributed by atoms with Crippen molar-refractivity contribution in [3.05, 3.63) is 59.4 Å². The van der Waals surface area contributed by atoms with Gasteiger partial charge in [0.25, 0.3) is 5.91 Å². The average molecular weight is 406 g/mol. The molecule has 0 N–H and O–H groups in total. The van der Waals surface area contributed by atoms with E-state index in [1.807, 2.05) is 19.1 Å². The number of fused-ring (bicyclic) bond motifs is 4. The number of ether oxygens (including phenoxy) is 1. The molecule has 0 aliphatic carbocycles. The highest BCUT2D eigenvalue weighted by atomic mass is 16.5.